The quantitative estimate of drug-likeness (QED) is 0.793. The van der Waals surface area contributed by atoms with E-state index < -0.39 is 0 Å². The predicted molar refractivity (Wildman–Crippen MR) is 91.0 cm³/mol. The lowest BCUT2D eigenvalue weighted by atomic mass is 10.1. The summed E-state index contributed by atoms with van der Waals surface area (Å²) in [4.78, 5) is 25.5. The van der Waals surface area contributed by atoms with E-state index in [2.05, 4.69) is 0 Å². The molecule has 0 N–H and O–H groups in total. The summed E-state index contributed by atoms with van der Waals surface area (Å²) in [6.45, 7) is 1.90. The third kappa shape index (κ3) is 2.97. The number of benzene rings is 2. The van der Waals surface area contributed by atoms with Gasteiger partial charge in [0.2, 0.25) is 0 Å². The Balaban J connectivity index is 1.74. The van der Waals surface area contributed by atoms with Crippen LogP contribution in [0.15, 0.2) is 42.5 Å². The number of carbonyl (C=O) groups excluding carboxylic acids is 2. The minimum absolute atomic E-state index is 0.0971. The monoisotopic (exact) mass is 325 g/mol. The average Bonchev–Trinajstić information content (AvgIpc) is 2.95. The summed E-state index contributed by atoms with van der Waals surface area (Å²) in [5.41, 5.74) is 2.46. The third-order valence-electron chi connectivity index (χ3n) is 4.17. The molecule has 0 aliphatic carbocycles. The first-order valence-corrected chi connectivity index (χ1v) is 7.80. The van der Waals surface area contributed by atoms with Gasteiger partial charge in [0.15, 0.2) is 12.9 Å². The Morgan fingerprint density at radius 3 is 2.83 bits per heavy atom. The molecule has 5 nitrogen and oxygen atoms in total. The summed E-state index contributed by atoms with van der Waals surface area (Å²) in [6.07, 6.45) is 1.53. The number of methoxy groups -OCH3 is 1. The number of carbonyl (C=O) groups is 2. The molecular weight excluding hydrogens is 306 g/mol. The van der Waals surface area contributed by atoms with Crippen molar-refractivity contribution in [2.75, 3.05) is 18.6 Å². The number of amides is 1. The highest BCUT2D eigenvalue weighted by molar-refractivity contribution is 5.97. The molecule has 3 rings (SSSR count). The average molecular weight is 325 g/mol. The van der Waals surface area contributed by atoms with E-state index in [9.17, 15) is 9.59 Å². The maximum Gasteiger partial charge on any atom is 0.265 e. The number of hydrogen-bond acceptors (Lipinski definition) is 4. The fraction of sp³-hybridized carbons (Fsp3) is 0.263. The van der Waals surface area contributed by atoms with Crippen LogP contribution in [0.25, 0.3) is 0 Å². The van der Waals surface area contributed by atoms with Crippen molar-refractivity contribution in [3.63, 3.8) is 0 Å². The van der Waals surface area contributed by atoms with Crippen LogP contribution in [-0.4, -0.2) is 32.0 Å². The molecule has 2 aromatic carbocycles. The highest BCUT2D eigenvalue weighted by Gasteiger charge is 2.30. The van der Waals surface area contributed by atoms with Gasteiger partial charge in [-0.25, -0.2) is 0 Å². The topological polar surface area (TPSA) is 55.8 Å². The zero-order chi connectivity index (χ0) is 17.1. The molecule has 24 heavy (non-hydrogen) atoms. The van der Waals surface area contributed by atoms with Gasteiger partial charge in [-0.1, -0.05) is 18.2 Å². The van der Waals surface area contributed by atoms with Crippen LogP contribution in [0, 0.1) is 0 Å². The van der Waals surface area contributed by atoms with Gasteiger partial charge in [0.25, 0.3) is 5.91 Å². The number of anilines is 1. The van der Waals surface area contributed by atoms with Crippen LogP contribution in [0.1, 0.15) is 22.8 Å². The first-order valence-electron chi connectivity index (χ1n) is 7.80. The number of para-hydroxylation sites is 1. The van der Waals surface area contributed by atoms with Gasteiger partial charge in [0.05, 0.1) is 12.7 Å². The third-order valence-corrected chi connectivity index (χ3v) is 4.17. The van der Waals surface area contributed by atoms with Crippen LogP contribution < -0.4 is 14.4 Å². The zero-order valence-electron chi connectivity index (χ0n) is 13.7. The molecule has 1 aliphatic heterocycles. The van der Waals surface area contributed by atoms with Crippen LogP contribution >= 0.6 is 0 Å². The highest BCUT2D eigenvalue weighted by atomic mass is 16.5. The molecule has 0 saturated heterocycles. The van der Waals surface area contributed by atoms with Crippen LogP contribution in [-0.2, 0) is 11.2 Å². The summed E-state index contributed by atoms with van der Waals surface area (Å²) in [6, 6.07) is 12.9. The summed E-state index contributed by atoms with van der Waals surface area (Å²) < 4.78 is 10.7. The van der Waals surface area contributed by atoms with Crippen LogP contribution in [0.5, 0.6) is 11.5 Å². The van der Waals surface area contributed by atoms with Crippen molar-refractivity contribution in [2.24, 2.45) is 0 Å². The normalized spacial score (nSPS) is 15.8. The minimum Gasteiger partial charge on any atom is -0.497 e. The van der Waals surface area contributed by atoms with Crippen molar-refractivity contribution >= 4 is 17.9 Å². The lowest BCUT2D eigenvalue weighted by molar-refractivity contribution is -0.120. The Kier molecular flexibility index (Phi) is 4.51. The molecule has 0 aromatic heterocycles. The van der Waals surface area contributed by atoms with Gasteiger partial charge >= 0.3 is 0 Å². The van der Waals surface area contributed by atoms with Crippen LogP contribution in [0.2, 0.25) is 0 Å². The fourth-order valence-corrected chi connectivity index (χ4v) is 3.03. The van der Waals surface area contributed by atoms with Crippen molar-refractivity contribution in [1.29, 1.82) is 0 Å². The molecule has 0 bridgehead atoms. The van der Waals surface area contributed by atoms with Crippen molar-refractivity contribution in [3.05, 3.63) is 53.6 Å². The first kappa shape index (κ1) is 16.1. The largest absolute Gasteiger partial charge is 0.497 e. The molecule has 1 heterocycles. The van der Waals surface area contributed by atoms with Crippen LogP contribution in [0.4, 0.5) is 5.69 Å². The SMILES string of the molecule is COc1ccc(OCC(=O)N2c3ccccc3C[C@@H]2C)c(C=O)c1. The Labute approximate surface area is 140 Å². The second-order valence-corrected chi connectivity index (χ2v) is 5.76. The van der Waals surface area contributed by atoms with Gasteiger partial charge in [-0.05, 0) is 43.2 Å². The number of hydrogen-bond donors (Lipinski definition) is 0. The Morgan fingerprint density at radius 1 is 1.29 bits per heavy atom. The molecule has 124 valence electrons. The van der Waals surface area contributed by atoms with E-state index in [0.29, 0.717) is 23.3 Å². The molecule has 1 atom stereocenters. The van der Waals surface area contributed by atoms with E-state index in [0.717, 1.165) is 17.7 Å². The maximum absolute atomic E-state index is 12.6. The number of fused-ring (bicyclic) bond motifs is 1. The van der Waals surface area contributed by atoms with Crippen molar-refractivity contribution in [2.45, 2.75) is 19.4 Å². The lowest BCUT2D eigenvalue weighted by Gasteiger charge is -2.23. The van der Waals surface area contributed by atoms with Gasteiger partial charge in [-0.3, -0.25) is 9.59 Å². The van der Waals surface area contributed by atoms with E-state index in [-0.39, 0.29) is 18.6 Å². The lowest BCUT2D eigenvalue weighted by Crippen LogP contribution is -2.39. The van der Waals surface area contributed by atoms with E-state index in [1.165, 1.54) is 7.11 Å². The van der Waals surface area contributed by atoms with Gasteiger partial charge < -0.3 is 14.4 Å². The molecule has 1 aliphatic rings. The molecule has 0 saturated carbocycles. The Morgan fingerprint density at radius 2 is 2.08 bits per heavy atom. The molecular formula is C19H19NO4. The molecule has 2 aromatic rings. The number of nitrogens with zero attached hydrogens (tertiary/aromatic N) is 1. The summed E-state index contributed by atoms with van der Waals surface area (Å²) in [5.74, 6) is 0.817. The number of rotatable bonds is 5. The van der Waals surface area contributed by atoms with E-state index in [1.807, 2.05) is 31.2 Å². The van der Waals surface area contributed by atoms with Crippen LogP contribution in [0.3, 0.4) is 0 Å². The van der Waals surface area contributed by atoms with Gasteiger partial charge in [0.1, 0.15) is 11.5 Å². The molecule has 0 unspecified atom stereocenters. The predicted octanol–water partition coefficient (Wildman–Crippen LogP) is 2.86. The molecule has 1 amide bonds. The summed E-state index contributed by atoms with van der Waals surface area (Å²) >= 11 is 0. The van der Waals surface area contributed by atoms with Crippen molar-refractivity contribution in [3.8, 4) is 11.5 Å². The van der Waals surface area contributed by atoms with Gasteiger partial charge in [0, 0.05) is 11.7 Å². The summed E-state index contributed by atoms with van der Waals surface area (Å²) in [7, 11) is 1.53. The summed E-state index contributed by atoms with van der Waals surface area (Å²) in [5, 5.41) is 0. The molecule has 0 radical (unpaired) electrons. The van der Waals surface area contributed by atoms with E-state index in [4.69, 9.17) is 9.47 Å². The number of aldehydes is 1. The molecule has 0 spiro atoms. The molecule has 0 fully saturated rings. The Hall–Kier alpha value is -2.82. The molecule has 5 heteroatoms. The standard InChI is InChI=1S/C19H19NO4/c1-13-9-14-5-3-4-6-17(14)20(13)19(22)12-24-18-8-7-16(23-2)10-15(18)11-21/h3-8,10-11,13H,9,12H2,1-2H3/t13-/m0/s1. The number of ether oxygens (including phenoxy) is 2. The van der Waals surface area contributed by atoms with Crippen molar-refractivity contribution < 1.29 is 19.1 Å². The highest BCUT2D eigenvalue weighted by Crippen LogP contribution is 2.32. The second-order valence-electron chi connectivity index (χ2n) is 5.76. The van der Waals surface area contributed by atoms with E-state index >= 15 is 0 Å². The Bertz CT molecular complexity index is 772. The second kappa shape index (κ2) is 6.74. The van der Waals surface area contributed by atoms with E-state index in [1.54, 1.807) is 23.1 Å². The minimum atomic E-state index is -0.125. The maximum atomic E-state index is 12.6. The first-order chi connectivity index (χ1) is 11.6. The zero-order valence-corrected chi connectivity index (χ0v) is 13.7. The van der Waals surface area contributed by atoms with Gasteiger partial charge in [-0.15, -0.1) is 0 Å². The van der Waals surface area contributed by atoms with Gasteiger partial charge in [-0.2, -0.15) is 0 Å². The fourth-order valence-electron chi connectivity index (χ4n) is 3.03. The smallest absolute Gasteiger partial charge is 0.265 e. The van der Waals surface area contributed by atoms with Crippen molar-refractivity contribution in [1.82, 2.24) is 0 Å².